The van der Waals surface area contributed by atoms with E-state index in [0.29, 0.717) is 18.1 Å². The minimum absolute atomic E-state index is 0.0968. The second-order valence-electron chi connectivity index (χ2n) is 3.36. The van der Waals surface area contributed by atoms with Crippen molar-refractivity contribution in [2.24, 2.45) is 0 Å². The molecule has 1 unspecified atom stereocenters. The highest BCUT2D eigenvalue weighted by Gasteiger charge is 2.20. The normalized spacial score (nSPS) is 12.6. The quantitative estimate of drug-likeness (QED) is 0.815. The summed E-state index contributed by atoms with van der Waals surface area (Å²) >= 11 is 1.43. The van der Waals surface area contributed by atoms with Gasteiger partial charge in [0.25, 0.3) is 0 Å². The molecule has 0 fully saturated rings. The van der Waals surface area contributed by atoms with E-state index >= 15 is 0 Å². The molecule has 0 spiro atoms. The maximum atomic E-state index is 11.5. The molecule has 2 heterocycles. The molecule has 1 atom stereocenters. The molecule has 0 amide bonds. The number of rotatable bonds is 4. The Labute approximate surface area is 96.5 Å². The van der Waals surface area contributed by atoms with Crippen molar-refractivity contribution >= 4 is 17.1 Å². The lowest BCUT2D eigenvalue weighted by Gasteiger charge is -2.00. The summed E-state index contributed by atoms with van der Waals surface area (Å²) in [5.74, 6) is 0.627. The van der Waals surface area contributed by atoms with Gasteiger partial charge in [-0.1, -0.05) is 12.1 Å². The van der Waals surface area contributed by atoms with Gasteiger partial charge in [0.15, 0.2) is 0 Å². The van der Waals surface area contributed by atoms with Crippen LogP contribution < -0.4 is 0 Å². The molecule has 0 aliphatic rings. The fourth-order valence-electron chi connectivity index (χ4n) is 1.28. The molecule has 0 saturated heterocycles. The monoisotopic (exact) mass is 237 g/mol. The summed E-state index contributed by atoms with van der Waals surface area (Å²) in [7, 11) is 0. The van der Waals surface area contributed by atoms with E-state index in [1.807, 2.05) is 6.92 Å². The molecule has 0 aliphatic carbocycles. The van der Waals surface area contributed by atoms with E-state index < -0.39 is 0 Å². The average Bonchev–Trinajstić information content (AvgIpc) is 2.96. The van der Waals surface area contributed by atoms with Crippen LogP contribution in [0.1, 0.15) is 32.1 Å². The van der Waals surface area contributed by atoms with Crippen LogP contribution in [0.3, 0.4) is 0 Å². The van der Waals surface area contributed by atoms with Gasteiger partial charge in [0.05, 0.1) is 16.3 Å². The smallest absolute Gasteiger partial charge is 0.237 e. The fourth-order valence-corrected chi connectivity index (χ4v) is 1.83. The largest absolute Gasteiger partial charge is 0.338 e. The lowest BCUT2D eigenvalue weighted by atomic mass is 10.1. The van der Waals surface area contributed by atoms with Gasteiger partial charge in [0, 0.05) is 12.6 Å². The number of ketones is 1. The zero-order chi connectivity index (χ0) is 11.5. The molecule has 16 heavy (non-hydrogen) atoms. The molecule has 0 bridgehead atoms. The molecule has 0 saturated carbocycles. The van der Waals surface area contributed by atoms with Crippen molar-refractivity contribution in [3.63, 3.8) is 0 Å². The summed E-state index contributed by atoms with van der Waals surface area (Å²) in [4.78, 5) is 20.4. The van der Waals surface area contributed by atoms with E-state index in [2.05, 4.69) is 15.1 Å². The molecule has 0 aromatic carbocycles. The van der Waals surface area contributed by atoms with Crippen molar-refractivity contribution in [1.29, 1.82) is 0 Å². The van der Waals surface area contributed by atoms with Gasteiger partial charge in [-0.2, -0.15) is 4.98 Å². The van der Waals surface area contributed by atoms with Crippen molar-refractivity contribution in [3.05, 3.63) is 17.6 Å². The standard InChI is InChI=1S/C10H11N3O2S/c1-3-7(14)6(2)10-12-9(13-15-10)8-4-11-5-16-8/h4-6H,3H2,1-2H3. The predicted octanol–water partition coefficient (Wildman–Crippen LogP) is 2.28. The number of thiazole rings is 1. The first-order valence-corrected chi connectivity index (χ1v) is 5.85. The Morgan fingerprint density at radius 1 is 1.62 bits per heavy atom. The number of carbonyl (C=O) groups is 1. The first-order valence-electron chi connectivity index (χ1n) is 4.97. The molecule has 5 nitrogen and oxygen atoms in total. The third kappa shape index (κ3) is 2.01. The maximum absolute atomic E-state index is 11.5. The highest BCUT2D eigenvalue weighted by molar-refractivity contribution is 7.13. The van der Waals surface area contributed by atoms with E-state index in [0.717, 1.165) is 4.88 Å². The minimum atomic E-state index is -0.334. The van der Waals surface area contributed by atoms with Crippen molar-refractivity contribution in [2.75, 3.05) is 0 Å². The summed E-state index contributed by atoms with van der Waals surface area (Å²) in [6.45, 7) is 3.59. The van der Waals surface area contributed by atoms with Crippen LogP contribution in [0.4, 0.5) is 0 Å². The van der Waals surface area contributed by atoms with E-state index in [9.17, 15) is 4.79 Å². The van der Waals surface area contributed by atoms with E-state index in [4.69, 9.17) is 4.52 Å². The second kappa shape index (κ2) is 4.52. The Bertz CT molecular complexity index is 478. The molecule has 2 rings (SSSR count). The molecular formula is C10H11N3O2S. The average molecular weight is 237 g/mol. The predicted molar refractivity (Wildman–Crippen MR) is 59.1 cm³/mol. The number of aromatic nitrogens is 3. The zero-order valence-electron chi connectivity index (χ0n) is 9.01. The van der Waals surface area contributed by atoms with Gasteiger partial charge < -0.3 is 4.52 Å². The Morgan fingerprint density at radius 2 is 2.44 bits per heavy atom. The summed E-state index contributed by atoms with van der Waals surface area (Å²) in [6, 6.07) is 0. The van der Waals surface area contributed by atoms with Crippen LogP contribution in [0.5, 0.6) is 0 Å². The Balaban J connectivity index is 2.23. The molecular weight excluding hydrogens is 226 g/mol. The van der Waals surface area contributed by atoms with Crippen LogP contribution in [0.15, 0.2) is 16.2 Å². The number of nitrogens with zero attached hydrogens (tertiary/aromatic N) is 3. The summed E-state index contributed by atoms with van der Waals surface area (Å²) in [5.41, 5.74) is 1.70. The molecule has 6 heteroatoms. The SMILES string of the molecule is CCC(=O)C(C)c1nc(-c2cncs2)no1. The zero-order valence-corrected chi connectivity index (χ0v) is 9.82. The third-order valence-electron chi connectivity index (χ3n) is 2.30. The number of Topliss-reactive ketones (excluding diaryl/α,β-unsaturated/α-hetero) is 1. The summed E-state index contributed by atoms with van der Waals surface area (Å²) in [5, 5.41) is 3.83. The van der Waals surface area contributed by atoms with Gasteiger partial charge in [-0.05, 0) is 6.92 Å². The topological polar surface area (TPSA) is 68.9 Å². The highest BCUT2D eigenvalue weighted by atomic mass is 32.1. The van der Waals surface area contributed by atoms with E-state index in [1.54, 1.807) is 18.6 Å². The van der Waals surface area contributed by atoms with Crippen molar-refractivity contribution in [2.45, 2.75) is 26.2 Å². The van der Waals surface area contributed by atoms with Gasteiger partial charge in [0.1, 0.15) is 5.78 Å². The van der Waals surface area contributed by atoms with Crippen LogP contribution >= 0.6 is 11.3 Å². The number of hydrogen-bond acceptors (Lipinski definition) is 6. The number of hydrogen-bond donors (Lipinski definition) is 0. The van der Waals surface area contributed by atoms with Gasteiger partial charge in [0.2, 0.25) is 11.7 Å². The van der Waals surface area contributed by atoms with Gasteiger partial charge in [-0.3, -0.25) is 9.78 Å². The van der Waals surface area contributed by atoms with E-state index in [-0.39, 0.29) is 11.7 Å². The van der Waals surface area contributed by atoms with Crippen molar-refractivity contribution < 1.29 is 9.32 Å². The second-order valence-corrected chi connectivity index (χ2v) is 4.25. The third-order valence-corrected chi connectivity index (χ3v) is 3.07. The van der Waals surface area contributed by atoms with Gasteiger partial charge >= 0.3 is 0 Å². The molecule has 84 valence electrons. The fraction of sp³-hybridized carbons (Fsp3) is 0.400. The molecule has 2 aromatic rings. The Kier molecular flexibility index (Phi) is 3.09. The van der Waals surface area contributed by atoms with Crippen molar-refractivity contribution in [3.8, 4) is 10.7 Å². The first kappa shape index (κ1) is 10.9. The summed E-state index contributed by atoms with van der Waals surface area (Å²) < 4.78 is 5.07. The Morgan fingerprint density at radius 3 is 3.06 bits per heavy atom. The van der Waals surface area contributed by atoms with Gasteiger partial charge in [-0.15, -0.1) is 11.3 Å². The molecule has 0 radical (unpaired) electrons. The van der Waals surface area contributed by atoms with Crippen LogP contribution in [-0.2, 0) is 4.79 Å². The molecule has 0 aliphatic heterocycles. The highest BCUT2D eigenvalue weighted by Crippen LogP contribution is 2.23. The minimum Gasteiger partial charge on any atom is -0.338 e. The van der Waals surface area contributed by atoms with Crippen molar-refractivity contribution in [1.82, 2.24) is 15.1 Å². The molecule has 0 N–H and O–H groups in total. The maximum Gasteiger partial charge on any atom is 0.237 e. The Hall–Kier alpha value is -1.56. The van der Waals surface area contributed by atoms with Crippen LogP contribution in [0, 0.1) is 0 Å². The lowest BCUT2D eigenvalue weighted by molar-refractivity contribution is -0.120. The van der Waals surface area contributed by atoms with E-state index in [1.165, 1.54) is 11.3 Å². The summed E-state index contributed by atoms with van der Waals surface area (Å²) in [6.07, 6.45) is 2.14. The van der Waals surface area contributed by atoms with Crippen LogP contribution in [-0.4, -0.2) is 20.9 Å². The van der Waals surface area contributed by atoms with Crippen LogP contribution in [0.25, 0.3) is 10.7 Å². The van der Waals surface area contributed by atoms with Gasteiger partial charge in [-0.25, -0.2) is 0 Å². The lowest BCUT2D eigenvalue weighted by Crippen LogP contribution is -2.07. The molecule has 2 aromatic heterocycles. The first-order chi connectivity index (χ1) is 7.72. The number of carbonyl (C=O) groups excluding carboxylic acids is 1. The van der Waals surface area contributed by atoms with Crippen LogP contribution in [0.2, 0.25) is 0 Å².